The van der Waals surface area contributed by atoms with E-state index in [1.165, 1.54) is 4.68 Å². The number of amides is 1. The molecule has 1 unspecified atom stereocenters. The van der Waals surface area contributed by atoms with E-state index < -0.39 is 12.1 Å². The van der Waals surface area contributed by atoms with Crippen molar-refractivity contribution in [3.05, 3.63) is 76.6 Å². The highest BCUT2D eigenvalue weighted by molar-refractivity contribution is 6.30. The van der Waals surface area contributed by atoms with Crippen LogP contribution in [0.4, 0.5) is 4.79 Å². The number of nitrogens with zero attached hydrogens (tertiary/aromatic N) is 4. The van der Waals surface area contributed by atoms with Gasteiger partial charge in [0.25, 0.3) is 0 Å². The van der Waals surface area contributed by atoms with Crippen molar-refractivity contribution in [2.45, 2.75) is 45.4 Å². The lowest BCUT2D eigenvalue weighted by molar-refractivity contribution is -0.121. The molecule has 0 aliphatic carbocycles. The number of ether oxygens (including phenoxy) is 1. The van der Waals surface area contributed by atoms with E-state index in [0.717, 1.165) is 11.1 Å². The van der Waals surface area contributed by atoms with Gasteiger partial charge in [-0.15, -0.1) is 5.10 Å². The number of carbonyl (C=O) groups is 2. The molecule has 0 radical (unpaired) electrons. The Hall–Kier alpha value is -3.26. The summed E-state index contributed by atoms with van der Waals surface area (Å²) in [5.41, 5.74) is 1.97. The predicted molar refractivity (Wildman–Crippen MR) is 116 cm³/mol. The molecule has 9 heteroatoms. The first kappa shape index (κ1) is 22.4. The molecule has 1 amide bonds. The fourth-order valence-corrected chi connectivity index (χ4v) is 3.13. The summed E-state index contributed by atoms with van der Waals surface area (Å²) in [6.07, 6.45) is 1.09. The minimum absolute atomic E-state index is 0.0274. The minimum Gasteiger partial charge on any atom is -0.445 e. The molecule has 0 aliphatic heterocycles. The van der Waals surface area contributed by atoms with Crippen LogP contribution in [0.1, 0.15) is 30.3 Å². The van der Waals surface area contributed by atoms with Crippen molar-refractivity contribution < 1.29 is 14.3 Å². The van der Waals surface area contributed by atoms with E-state index in [1.807, 2.05) is 61.5 Å². The maximum absolute atomic E-state index is 12.7. The van der Waals surface area contributed by atoms with Crippen LogP contribution in [0.2, 0.25) is 5.02 Å². The van der Waals surface area contributed by atoms with E-state index in [9.17, 15) is 9.59 Å². The summed E-state index contributed by atoms with van der Waals surface area (Å²) >= 11 is 5.91. The van der Waals surface area contributed by atoms with Gasteiger partial charge in [0.05, 0.1) is 6.04 Å². The van der Waals surface area contributed by atoms with Crippen molar-refractivity contribution in [1.29, 1.82) is 0 Å². The number of ketones is 1. The van der Waals surface area contributed by atoms with E-state index >= 15 is 0 Å². The average Bonchev–Trinajstić information content (AvgIpc) is 3.23. The van der Waals surface area contributed by atoms with Gasteiger partial charge < -0.3 is 10.1 Å². The number of benzene rings is 2. The molecule has 0 saturated heterocycles. The third kappa shape index (κ3) is 6.89. The van der Waals surface area contributed by atoms with Crippen LogP contribution in [-0.4, -0.2) is 38.1 Å². The van der Waals surface area contributed by atoms with Gasteiger partial charge in [0, 0.05) is 11.4 Å². The van der Waals surface area contributed by atoms with E-state index in [2.05, 4.69) is 20.8 Å². The zero-order chi connectivity index (χ0) is 22.1. The Kier molecular flexibility index (Phi) is 8.12. The lowest BCUT2D eigenvalue weighted by atomic mass is 10.1. The minimum atomic E-state index is -0.684. The van der Waals surface area contributed by atoms with Crippen molar-refractivity contribution in [1.82, 2.24) is 25.5 Å². The van der Waals surface area contributed by atoms with Gasteiger partial charge in [0.15, 0.2) is 11.6 Å². The smallest absolute Gasteiger partial charge is 0.408 e. The van der Waals surface area contributed by atoms with Crippen molar-refractivity contribution >= 4 is 23.5 Å². The maximum Gasteiger partial charge on any atom is 0.408 e. The standard InChI is InChI=1S/C22H24ClN5O3/c1-2-19(24-22(30)31-15-17-6-4-3-5-7-17)20(29)14-28-21(25-26-27-28)13-10-16-8-11-18(23)12-9-16/h3-9,11-12,19H,2,10,13-15H2,1H3,(H,24,30). The summed E-state index contributed by atoms with van der Waals surface area (Å²) in [4.78, 5) is 24.8. The Labute approximate surface area is 185 Å². The Morgan fingerprint density at radius 3 is 2.52 bits per heavy atom. The van der Waals surface area contributed by atoms with E-state index in [4.69, 9.17) is 16.3 Å². The molecule has 1 heterocycles. The van der Waals surface area contributed by atoms with Gasteiger partial charge in [-0.1, -0.05) is 61.0 Å². The van der Waals surface area contributed by atoms with E-state index in [-0.39, 0.29) is 18.9 Å². The molecule has 0 aliphatic rings. The van der Waals surface area contributed by atoms with Gasteiger partial charge in [-0.25, -0.2) is 9.48 Å². The van der Waals surface area contributed by atoms with Gasteiger partial charge in [-0.3, -0.25) is 4.79 Å². The van der Waals surface area contributed by atoms with Crippen LogP contribution in [0.15, 0.2) is 54.6 Å². The molecule has 0 bridgehead atoms. The Bertz CT molecular complexity index is 992. The number of hydrogen-bond acceptors (Lipinski definition) is 6. The lowest BCUT2D eigenvalue weighted by Crippen LogP contribution is -2.42. The third-order valence-corrected chi connectivity index (χ3v) is 5.02. The van der Waals surface area contributed by atoms with Crippen LogP contribution >= 0.6 is 11.6 Å². The highest BCUT2D eigenvalue weighted by Gasteiger charge is 2.21. The SMILES string of the molecule is CCC(NC(=O)OCc1ccccc1)C(=O)Cn1nnnc1CCc1ccc(Cl)cc1. The van der Waals surface area contributed by atoms with Crippen LogP contribution in [0.5, 0.6) is 0 Å². The van der Waals surface area contributed by atoms with E-state index in [1.54, 1.807) is 0 Å². The average molecular weight is 442 g/mol. The van der Waals surface area contributed by atoms with Crippen LogP contribution in [0.3, 0.4) is 0 Å². The summed E-state index contributed by atoms with van der Waals surface area (Å²) in [7, 11) is 0. The molecule has 3 rings (SSSR count). The first-order chi connectivity index (χ1) is 15.0. The first-order valence-corrected chi connectivity index (χ1v) is 10.4. The van der Waals surface area contributed by atoms with Gasteiger partial charge in [-0.2, -0.15) is 0 Å². The molecule has 0 saturated carbocycles. The first-order valence-electron chi connectivity index (χ1n) is 10.0. The summed E-state index contributed by atoms with van der Waals surface area (Å²) in [5.74, 6) is 0.406. The second kappa shape index (κ2) is 11.2. The summed E-state index contributed by atoms with van der Waals surface area (Å²) < 4.78 is 6.68. The van der Waals surface area contributed by atoms with Gasteiger partial charge in [0.1, 0.15) is 13.2 Å². The number of aromatic nitrogens is 4. The molecule has 1 N–H and O–H groups in total. The van der Waals surface area contributed by atoms with Crippen molar-refractivity contribution in [3.63, 3.8) is 0 Å². The number of carbonyl (C=O) groups excluding carboxylic acids is 2. The van der Waals surface area contributed by atoms with Crippen LogP contribution in [-0.2, 0) is 35.5 Å². The van der Waals surface area contributed by atoms with Crippen LogP contribution < -0.4 is 5.32 Å². The molecular formula is C22H24ClN5O3. The molecular weight excluding hydrogens is 418 g/mol. The number of rotatable bonds is 10. The van der Waals surface area contributed by atoms with Crippen LogP contribution in [0.25, 0.3) is 0 Å². The summed E-state index contributed by atoms with van der Waals surface area (Å²) in [5, 5.41) is 14.9. The van der Waals surface area contributed by atoms with E-state index in [0.29, 0.717) is 30.1 Å². The quantitative estimate of drug-likeness (QED) is 0.517. The number of hydrogen-bond donors (Lipinski definition) is 1. The second-order valence-electron chi connectivity index (χ2n) is 7.01. The van der Waals surface area contributed by atoms with Crippen molar-refractivity contribution in [2.75, 3.05) is 0 Å². The highest BCUT2D eigenvalue weighted by atomic mass is 35.5. The molecule has 0 fully saturated rings. The van der Waals surface area contributed by atoms with Crippen molar-refractivity contribution in [3.8, 4) is 0 Å². The Balaban J connectivity index is 1.51. The normalized spacial score (nSPS) is 11.7. The number of halogens is 1. The lowest BCUT2D eigenvalue weighted by Gasteiger charge is -2.16. The molecule has 8 nitrogen and oxygen atoms in total. The monoisotopic (exact) mass is 441 g/mol. The molecule has 1 atom stereocenters. The molecule has 162 valence electrons. The molecule has 31 heavy (non-hydrogen) atoms. The summed E-state index contributed by atoms with van der Waals surface area (Å²) in [6, 6.07) is 16.2. The number of tetrazole rings is 1. The molecule has 1 aromatic heterocycles. The number of nitrogens with one attached hydrogen (secondary N) is 1. The zero-order valence-corrected chi connectivity index (χ0v) is 18.0. The van der Waals surface area contributed by atoms with Crippen molar-refractivity contribution in [2.24, 2.45) is 0 Å². The second-order valence-corrected chi connectivity index (χ2v) is 7.45. The van der Waals surface area contributed by atoms with Gasteiger partial charge >= 0.3 is 6.09 Å². The van der Waals surface area contributed by atoms with Crippen LogP contribution in [0, 0.1) is 0 Å². The number of Topliss-reactive ketones (excluding diaryl/α,β-unsaturated/α-hetero) is 1. The Morgan fingerprint density at radius 2 is 1.81 bits per heavy atom. The summed E-state index contributed by atoms with van der Waals surface area (Å²) in [6.45, 7) is 1.93. The predicted octanol–water partition coefficient (Wildman–Crippen LogP) is 3.39. The zero-order valence-electron chi connectivity index (χ0n) is 17.2. The number of aryl methyl sites for hydroxylation is 2. The topological polar surface area (TPSA) is 99.0 Å². The third-order valence-electron chi connectivity index (χ3n) is 4.76. The fourth-order valence-electron chi connectivity index (χ4n) is 3.01. The molecule has 2 aromatic carbocycles. The van der Waals surface area contributed by atoms with Gasteiger partial charge in [0.2, 0.25) is 0 Å². The van der Waals surface area contributed by atoms with Gasteiger partial charge in [-0.05, 0) is 46.5 Å². The molecule has 0 spiro atoms. The largest absolute Gasteiger partial charge is 0.445 e. The maximum atomic E-state index is 12.7. The number of alkyl carbamates (subject to hydrolysis) is 1. The Morgan fingerprint density at radius 1 is 1.06 bits per heavy atom. The highest BCUT2D eigenvalue weighted by Crippen LogP contribution is 2.11. The fraction of sp³-hybridized carbons (Fsp3) is 0.318. The molecule has 3 aromatic rings.